The average molecular weight is 261 g/mol. The Hall–Kier alpha value is -0.860. The zero-order chi connectivity index (χ0) is 13.7. The molecule has 0 heterocycles. The van der Waals surface area contributed by atoms with E-state index in [1.807, 2.05) is 0 Å². The van der Waals surface area contributed by atoms with Gasteiger partial charge in [0.25, 0.3) is 0 Å². The van der Waals surface area contributed by atoms with E-state index in [4.69, 9.17) is 10.5 Å². The van der Waals surface area contributed by atoms with Gasteiger partial charge in [0.1, 0.15) is 0 Å². The number of hydrogen-bond donors (Lipinski definition) is 1. The van der Waals surface area contributed by atoms with E-state index >= 15 is 0 Å². The third-order valence-corrected chi connectivity index (χ3v) is 4.34. The van der Waals surface area contributed by atoms with Gasteiger partial charge in [0.05, 0.1) is 12.7 Å². The summed E-state index contributed by atoms with van der Waals surface area (Å²) >= 11 is 0. The van der Waals surface area contributed by atoms with Crippen molar-refractivity contribution in [3.63, 3.8) is 0 Å². The molecule has 1 aromatic rings. The van der Waals surface area contributed by atoms with Crippen LogP contribution in [0.3, 0.4) is 0 Å². The topological polar surface area (TPSA) is 35.2 Å². The second kappa shape index (κ2) is 7.06. The molecule has 0 bridgehead atoms. The molecule has 2 N–H and O–H groups in total. The zero-order valence-corrected chi connectivity index (χ0v) is 12.3. The monoisotopic (exact) mass is 261 g/mol. The molecule has 1 aliphatic rings. The fourth-order valence-corrected chi connectivity index (χ4v) is 2.98. The quantitative estimate of drug-likeness (QED) is 0.840. The number of aryl methyl sites for hydroxylation is 1. The Morgan fingerprint density at radius 1 is 1.26 bits per heavy atom. The smallest absolute Gasteiger partial charge is 0.0978 e. The van der Waals surface area contributed by atoms with Crippen molar-refractivity contribution in [2.75, 3.05) is 6.61 Å². The van der Waals surface area contributed by atoms with Crippen LogP contribution in [0.2, 0.25) is 0 Å². The first-order valence-corrected chi connectivity index (χ1v) is 7.65. The fraction of sp³-hybridized carbons (Fsp3) is 0.647. The van der Waals surface area contributed by atoms with Crippen LogP contribution < -0.4 is 5.73 Å². The highest BCUT2D eigenvalue weighted by Gasteiger charge is 2.23. The van der Waals surface area contributed by atoms with Crippen LogP contribution in [0, 0.1) is 12.8 Å². The zero-order valence-electron chi connectivity index (χ0n) is 12.3. The van der Waals surface area contributed by atoms with Crippen LogP contribution >= 0.6 is 0 Å². The van der Waals surface area contributed by atoms with Crippen molar-refractivity contribution in [1.29, 1.82) is 0 Å². The minimum atomic E-state index is 0.0480. The Kier molecular flexibility index (Phi) is 5.41. The second-order valence-electron chi connectivity index (χ2n) is 5.83. The highest BCUT2D eigenvalue weighted by Crippen LogP contribution is 2.30. The lowest BCUT2D eigenvalue weighted by atomic mass is 9.96. The first-order valence-electron chi connectivity index (χ1n) is 7.65. The molecular formula is C17H27NO. The van der Waals surface area contributed by atoms with Gasteiger partial charge in [-0.15, -0.1) is 0 Å². The van der Waals surface area contributed by atoms with E-state index in [2.05, 4.69) is 38.1 Å². The van der Waals surface area contributed by atoms with Crippen LogP contribution in [0.4, 0.5) is 0 Å². The van der Waals surface area contributed by atoms with Crippen LogP contribution in [-0.4, -0.2) is 12.6 Å². The van der Waals surface area contributed by atoms with E-state index in [1.165, 1.54) is 36.8 Å². The van der Waals surface area contributed by atoms with E-state index in [0.717, 1.165) is 18.9 Å². The van der Waals surface area contributed by atoms with Gasteiger partial charge in [-0.3, -0.25) is 0 Å². The van der Waals surface area contributed by atoms with Crippen LogP contribution in [-0.2, 0) is 4.74 Å². The lowest BCUT2D eigenvalue weighted by Crippen LogP contribution is -2.31. The fourth-order valence-electron chi connectivity index (χ4n) is 2.98. The largest absolute Gasteiger partial charge is 0.372 e. The summed E-state index contributed by atoms with van der Waals surface area (Å²) in [6, 6.07) is 8.54. The van der Waals surface area contributed by atoms with Crippen LogP contribution in [0.5, 0.6) is 0 Å². The molecule has 2 heteroatoms. The molecule has 1 fully saturated rings. The number of nitrogens with two attached hydrogens (primary N) is 1. The summed E-state index contributed by atoms with van der Waals surface area (Å²) in [5.74, 6) is 0.746. The number of hydrogen-bond acceptors (Lipinski definition) is 2. The molecule has 1 saturated carbocycles. The van der Waals surface area contributed by atoms with Crippen LogP contribution in [0.15, 0.2) is 24.3 Å². The summed E-state index contributed by atoms with van der Waals surface area (Å²) < 4.78 is 6.22. The summed E-state index contributed by atoms with van der Waals surface area (Å²) in [5.41, 5.74) is 8.82. The van der Waals surface area contributed by atoms with Crippen molar-refractivity contribution in [1.82, 2.24) is 0 Å². The minimum absolute atomic E-state index is 0.0480. The average Bonchev–Trinajstić information content (AvgIpc) is 2.93. The molecule has 19 heavy (non-hydrogen) atoms. The summed E-state index contributed by atoms with van der Waals surface area (Å²) in [4.78, 5) is 0. The van der Waals surface area contributed by atoms with Gasteiger partial charge in [-0.2, -0.15) is 0 Å². The van der Waals surface area contributed by atoms with Crippen molar-refractivity contribution in [2.45, 2.75) is 58.1 Å². The Balaban J connectivity index is 2.05. The summed E-state index contributed by atoms with van der Waals surface area (Å²) in [7, 11) is 0. The molecule has 2 rings (SSSR count). The molecule has 0 spiro atoms. The SMILES string of the molecule is CCC(N)C(OCC1CCCC1)c1ccccc1C. The molecule has 0 aromatic heterocycles. The van der Waals surface area contributed by atoms with Crippen molar-refractivity contribution >= 4 is 0 Å². The van der Waals surface area contributed by atoms with Crippen molar-refractivity contribution in [3.8, 4) is 0 Å². The van der Waals surface area contributed by atoms with Gasteiger partial charge < -0.3 is 10.5 Å². The standard InChI is InChI=1S/C17H27NO/c1-3-16(18)17(15-11-7-4-8-13(15)2)19-12-14-9-5-6-10-14/h4,7-8,11,14,16-17H,3,5-6,9-10,12,18H2,1-2H3. The molecular weight excluding hydrogens is 234 g/mol. The Bertz CT molecular complexity index is 385. The van der Waals surface area contributed by atoms with Gasteiger partial charge >= 0.3 is 0 Å². The van der Waals surface area contributed by atoms with E-state index in [1.54, 1.807) is 0 Å². The predicted octanol–water partition coefficient (Wildman–Crippen LogP) is 3.98. The molecule has 2 atom stereocenters. The first kappa shape index (κ1) is 14.5. The third-order valence-electron chi connectivity index (χ3n) is 4.34. The molecule has 2 unspecified atom stereocenters. The van der Waals surface area contributed by atoms with Crippen molar-refractivity contribution in [3.05, 3.63) is 35.4 Å². The number of ether oxygens (including phenoxy) is 1. The maximum Gasteiger partial charge on any atom is 0.0978 e. The number of benzene rings is 1. The van der Waals surface area contributed by atoms with Gasteiger partial charge in [-0.25, -0.2) is 0 Å². The first-order chi connectivity index (χ1) is 9.22. The molecule has 106 valence electrons. The Labute approximate surface area is 117 Å². The van der Waals surface area contributed by atoms with Crippen LogP contribution in [0.1, 0.15) is 56.3 Å². The van der Waals surface area contributed by atoms with Gasteiger partial charge in [-0.1, -0.05) is 44.0 Å². The second-order valence-corrected chi connectivity index (χ2v) is 5.83. The molecule has 2 nitrogen and oxygen atoms in total. The van der Waals surface area contributed by atoms with Gasteiger partial charge in [0.2, 0.25) is 0 Å². The lowest BCUT2D eigenvalue weighted by Gasteiger charge is -2.26. The number of rotatable bonds is 6. The van der Waals surface area contributed by atoms with Crippen molar-refractivity contribution in [2.24, 2.45) is 11.7 Å². The molecule has 0 aliphatic heterocycles. The third kappa shape index (κ3) is 3.80. The molecule has 0 saturated heterocycles. The van der Waals surface area contributed by atoms with Gasteiger partial charge in [0.15, 0.2) is 0 Å². The van der Waals surface area contributed by atoms with Gasteiger partial charge in [-0.05, 0) is 43.2 Å². The Morgan fingerprint density at radius 3 is 2.58 bits per heavy atom. The summed E-state index contributed by atoms with van der Waals surface area (Å²) in [5, 5.41) is 0. The molecule has 0 radical (unpaired) electrons. The normalized spacial score (nSPS) is 19.5. The van der Waals surface area contributed by atoms with Gasteiger partial charge in [0, 0.05) is 6.04 Å². The van der Waals surface area contributed by atoms with E-state index < -0.39 is 0 Å². The van der Waals surface area contributed by atoms with E-state index in [-0.39, 0.29) is 12.1 Å². The molecule has 1 aliphatic carbocycles. The maximum absolute atomic E-state index is 6.28. The minimum Gasteiger partial charge on any atom is -0.372 e. The Morgan fingerprint density at radius 2 is 1.95 bits per heavy atom. The molecule has 1 aromatic carbocycles. The molecule has 0 amide bonds. The summed E-state index contributed by atoms with van der Waals surface area (Å²) in [6.45, 7) is 5.14. The lowest BCUT2D eigenvalue weighted by molar-refractivity contribution is 0.0123. The summed E-state index contributed by atoms with van der Waals surface area (Å²) in [6.07, 6.45) is 6.37. The van der Waals surface area contributed by atoms with E-state index in [0.29, 0.717) is 0 Å². The highest BCUT2D eigenvalue weighted by molar-refractivity contribution is 5.28. The highest BCUT2D eigenvalue weighted by atomic mass is 16.5. The van der Waals surface area contributed by atoms with Crippen molar-refractivity contribution < 1.29 is 4.74 Å². The maximum atomic E-state index is 6.28. The van der Waals surface area contributed by atoms with E-state index in [9.17, 15) is 0 Å². The predicted molar refractivity (Wildman–Crippen MR) is 80.1 cm³/mol. The van der Waals surface area contributed by atoms with Crippen LogP contribution in [0.25, 0.3) is 0 Å².